The van der Waals surface area contributed by atoms with Gasteiger partial charge in [0.25, 0.3) is 0 Å². The van der Waals surface area contributed by atoms with E-state index in [2.05, 4.69) is 25.4 Å². The van der Waals surface area contributed by atoms with Crippen LogP contribution in [-0.4, -0.2) is 35.2 Å². The number of amides is 1. The highest BCUT2D eigenvalue weighted by Gasteiger charge is 2.15. The number of nitrogens with one attached hydrogen (secondary N) is 3. The molecule has 168 valence electrons. The number of carbonyl (C=O) groups excluding carboxylic acids is 1. The maximum Gasteiger partial charge on any atom is 0.245 e. The first kappa shape index (κ1) is 21.0. The largest absolute Gasteiger partial charge is 0.326 e. The van der Waals surface area contributed by atoms with Crippen molar-refractivity contribution in [1.82, 2.24) is 14.6 Å². The lowest BCUT2D eigenvalue weighted by atomic mass is 10.1. The third-order valence-corrected chi connectivity index (χ3v) is 5.97. The first-order valence-electron chi connectivity index (χ1n) is 10.5. The first-order valence-corrected chi connectivity index (χ1v) is 12.4. The van der Waals surface area contributed by atoms with Gasteiger partial charge < -0.3 is 10.6 Å². The molecule has 1 aliphatic rings. The fraction of sp³-hybridized carbons (Fsp3) is 0.174. The molecule has 3 heterocycles. The van der Waals surface area contributed by atoms with Gasteiger partial charge in [0.1, 0.15) is 0 Å². The summed E-state index contributed by atoms with van der Waals surface area (Å²) < 4.78 is 27.9. The van der Waals surface area contributed by atoms with Crippen LogP contribution in [0.15, 0.2) is 60.8 Å². The van der Waals surface area contributed by atoms with Gasteiger partial charge in [0.2, 0.25) is 21.9 Å². The van der Waals surface area contributed by atoms with Crippen LogP contribution in [0.1, 0.15) is 18.4 Å². The highest BCUT2D eigenvalue weighted by atomic mass is 32.2. The van der Waals surface area contributed by atoms with Crippen molar-refractivity contribution in [3.63, 3.8) is 0 Å². The molecule has 2 aromatic carbocycles. The van der Waals surface area contributed by atoms with Crippen LogP contribution in [0, 0.1) is 0 Å². The van der Waals surface area contributed by atoms with E-state index in [-0.39, 0.29) is 5.91 Å². The molecule has 0 aliphatic carbocycles. The van der Waals surface area contributed by atoms with E-state index < -0.39 is 10.0 Å². The van der Waals surface area contributed by atoms with E-state index in [1.54, 1.807) is 22.8 Å². The molecule has 4 aromatic rings. The van der Waals surface area contributed by atoms with Gasteiger partial charge in [0.15, 0.2) is 0 Å². The summed E-state index contributed by atoms with van der Waals surface area (Å²) in [6, 6.07) is 16.7. The normalized spacial score (nSPS) is 13.8. The number of anilines is 4. The van der Waals surface area contributed by atoms with E-state index in [0.29, 0.717) is 23.6 Å². The molecule has 5 rings (SSSR count). The Morgan fingerprint density at radius 3 is 2.76 bits per heavy atom. The van der Waals surface area contributed by atoms with Crippen molar-refractivity contribution in [2.45, 2.75) is 19.3 Å². The highest BCUT2D eigenvalue weighted by molar-refractivity contribution is 7.92. The summed E-state index contributed by atoms with van der Waals surface area (Å²) in [5.74, 6) is 0.431. The predicted octanol–water partition coefficient (Wildman–Crippen LogP) is 3.79. The Balaban J connectivity index is 1.49. The third kappa shape index (κ3) is 4.51. The molecule has 0 radical (unpaired) electrons. The van der Waals surface area contributed by atoms with Crippen LogP contribution in [-0.2, 0) is 21.2 Å². The monoisotopic (exact) mass is 462 g/mol. The first-order chi connectivity index (χ1) is 15.9. The lowest BCUT2D eigenvalue weighted by Gasteiger charge is -2.12. The van der Waals surface area contributed by atoms with Gasteiger partial charge in [-0.2, -0.15) is 0 Å². The standard InChI is InChI=1S/C23H22N6O3S/c1-33(31,32)28-20-7-3-2-6-18(20)21-12-10-17-14-24-23(27-29(17)21)25-16-9-11-19-15(13-16)5-4-8-22(30)26-19/h2-3,6-7,9-14,28H,4-5,8H2,1H3,(H,25,27)(H,26,30). The minimum absolute atomic E-state index is 0.0361. The van der Waals surface area contributed by atoms with Gasteiger partial charge in [-0.05, 0) is 54.8 Å². The van der Waals surface area contributed by atoms with Gasteiger partial charge in [0.05, 0.1) is 29.4 Å². The second-order valence-electron chi connectivity index (χ2n) is 7.96. The summed E-state index contributed by atoms with van der Waals surface area (Å²) in [6.45, 7) is 0. The number of nitrogens with zero attached hydrogens (tertiary/aromatic N) is 3. The molecule has 3 N–H and O–H groups in total. The molecule has 10 heteroatoms. The van der Waals surface area contributed by atoms with E-state index in [4.69, 9.17) is 0 Å². The molecule has 1 aliphatic heterocycles. The number of fused-ring (bicyclic) bond motifs is 2. The van der Waals surface area contributed by atoms with Crippen molar-refractivity contribution in [3.05, 3.63) is 66.4 Å². The number of sulfonamides is 1. The van der Waals surface area contributed by atoms with Crippen molar-refractivity contribution in [1.29, 1.82) is 0 Å². The molecule has 0 saturated heterocycles. The molecule has 0 saturated carbocycles. The summed E-state index contributed by atoms with van der Waals surface area (Å²) in [5.41, 5.74) is 5.39. The van der Waals surface area contributed by atoms with Gasteiger partial charge in [-0.25, -0.2) is 17.9 Å². The molecular formula is C23H22N6O3S. The quantitative estimate of drug-likeness (QED) is 0.415. The number of para-hydroxylation sites is 1. The highest BCUT2D eigenvalue weighted by Crippen LogP contribution is 2.30. The molecule has 0 spiro atoms. The number of rotatable bonds is 5. The van der Waals surface area contributed by atoms with Gasteiger partial charge >= 0.3 is 0 Å². The fourth-order valence-corrected chi connectivity index (χ4v) is 4.52. The van der Waals surface area contributed by atoms with Crippen molar-refractivity contribution >= 4 is 44.5 Å². The molecule has 0 unspecified atom stereocenters. The summed E-state index contributed by atoms with van der Waals surface area (Å²) in [7, 11) is -3.44. The Morgan fingerprint density at radius 1 is 1.06 bits per heavy atom. The summed E-state index contributed by atoms with van der Waals surface area (Å²) >= 11 is 0. The number of aromatic nitrogens is 3. The molecule has 1 amide bonds. The van der Waals surface area contributed by atoms with Crippen LogP contribution in [0.5, 0.6) is 0 Å². The van der Waals surface area contributed by atoms with Crippen molar-refractivity contribution in [2.24, 2.45) is 0 Å². The number of benzene rings is 2. The van der Waals surface area contributed by atoms with E-state index in [1.807, 2.05) is 42.5 Å². The molecule has 0 atom stereocenters. The van der Waals surface area contributed by atoms with Crippen LogP contribution < -0.4 is 15.4 Å². The average Bonchev–Trinajstić information content (AvgIpc) is 3.08. The molecule has 33 heavy (non-hydrogen) atoms. The number of carbonyl (C=O) groups is 1. The Hall–Kier alpha value is -3.92. The molecule has 9 nitrogen and oxygen atoms in total. The number of hydrogen-bond donors (Lipinski definition) is 3. The van der Waals surface area contributed by atoms with Gasteiger partial charge in [-0.3, -0.25) is 9.52 Å². The second kappa shape index (κ2) is 8.21. The van der Waals surface area contributed by atoms with Crippen LogP contribution in [0.4, 0.5) is 23.0 Å². The van der Waals surface area contributed by atoms with E-state index in [0.717, 1.165) is 47.2 Å². The zero-order valence-corrected chi connectivity index (χ0v) is 18.7. The third-order valence-electron chi connectivity index (χ3n) is 5.38. The Morgan fingerprint density at radius 2 is 1.91 bits per heavy atom. The summed E-state index contributed by atoms with van der Waals surface area (Å²) in [6.07, 6.45) is 4.96. The maximum absolute atomic E-state index is 11.8. The van der Waals surface area contributed by atoms with Crippen LogP contribution >= 0.6 is 0 Å². The molecule has 0 fully saturated rings. The minimum Gasteiger partial charge on any atom is -0.326 e. The molecule has 2 aromatic heterocycles. The van der Waals surface area contributed by atoms with E-state index in [9.17, 15) is 13.2 Å². The summed E-state index contributed by atoms with van der Waals surface area (Å²) in [5, 5.41) is 10.8. The Labute approximate surface area is 190 Å². The van der Waals surface area contributed by atoms with Crippen LogP contribution in [0.2, 0.25) is 0 Å². The summed E-state index contributed by atoms with van der Waals surface area (Å²) in [4.78, 5) is 16.2. The van der Waals surface area contributed by atoms with Gasteiger partial charge in [-0.15, -0.1) is 5.10 Å². The van der Waals surface area contributed by atoms with Crippen molar-refractivity contribution in [2.75, 3.05) is 21.6 Å². The van der Waals surface area contributed by atoms with E-state index in [1.165, 1.54) is 0 Å². The number of hydrogen-bond acceptors (Lipinski definition) is 6. The van der Waals surface area contributed by atoms with Gasteiger partial charge in [-0.1, -0.05) is 18.2 Å². The Kier molecular flexibility index (Phi) is 5.21. The molecular weight excluding hydrogens is 440 g/mol. The number of aryl methyl sites for hydroxylation is 1. The molecule has 0 bridgehead atoms. The average molecular weight is 463 g/mol. The zero-order chi connectivity index (χ0) is 23.0. The minimum atomic E-state index is -3.44. The zero-order valence-electron chi connectivity index (χ0n) is 17.9. The smallest absolute Gasteiger partial charge is 0.245 e. The maximum atomic E-state index is 11.8. The predicted molar refractivity (Wildman–Crippen MR) is 128 cm³/mol. The topological polar surface area (TPSA) is 117 Å². The SMILES string of the molecule is CS(=O)(=O)Nc1ccccc1-c1ccc2cnc(Nc3ccc4c(c3)CCCC(=O)N4)nn12. The second-order valence-corrected chi connectivity index (χ2v) is 9.70. The van der Waals surface area contributed by atoms with E-state index >= 15 is 0 Å². The van der Waals surface area contributed by atoms with Crippen LogP contribution in [0.3, 0.4) is 0 Å². The Bertz CT molecular complexity index is 1480. The van der Waals surface area contributed by atoms with Gasteiger partial charge in [0, 0.05) is 23.4 Å². The lowest BCUT2D eigenvalue weighted by Crippen LogP contribution is -2.11. The lowest BCUT2D eigenvalue weighted by molar-refractivity contribution is -0.116. The van der Waals surface area contributed by atoms with Crippen molar-refractivity contribution in [3.8, 4) is 11.3 Å². The van der Waals surface area contributed by atoms with Crippen molar-refractivity contribution < 1.29 is 13.2 Å². The fourth-order valence-electron chi connectivity index (χ4n) is 3.94. The van der Waals surface area contributed by atoms with Crippen LogP contribution in [0.25, 0.3) is 16.8 Å².